The summed E-state index contributed by atoms with van der Waals surface area (Å²) in [6, 6.07) is 14.6. The van der Waals surface area contributed by atoms with E-state index in [4.69, 9.17) is 4.74 Å². The highest BCUT2D eigenvalue weighted by atomic mass is 16.5. The number of amides is 4. The van der Waals surface area contributed by atoms with E-state index in [0.29, 0.717) is 17.0 Å². The van der Waals surface area contributed by atoms with Crippen LogP contribution in [0.15, 0.2) is 72.8 Å². The number of carbonyl (C=O) groups excluding carboxylic acids is 3. The third-order valence-electron chi connectivity index (χ3n) is 3.69. The van der Waals surface area contributed by atoms with Crippen LogP contribution in [0.1, 0.15) is 5.56 Å². The van der Waals surface area contributed by atoms with E-state index in [1.807, 2.05) is 0 Å². The minimum Gasteiger partial charge on any atom is -0.489 e. The molecule has 1 fully saturated rings. The van der Waals surface area contributed by atoms with Crippen LogP contribution in [0.5, 0.6) is 5.75 Å². The molecule has 1 heterocycles. The molecule has 0 radical (unpaired) electrons. The summed E-state index contributed by atoms with van der Waals surface area (Å²) < 4.78 is 5.54. The molecule has 1 aliphatic heterocycles. The quantitative estimate of drug-likeness (QED) is 0.512. The maximum absolute atomic E-state index is 12.8. The Morgan fingerprint density at radius 3 is 2.42 bits per heavy atom. The van der Waals surface area contributed by atoms with Gasteiger partial charge in [-0.2, -0.15) is 0 Å². The van der Waals surface area contributed by atoms with Crippen LogP contribution in [-0.2, 0) is 9.59 Å². The van der Waals surface area contributed by atoms with E-state index in [1.54, 1.807) is 60.7 Å². The number of hydrogen-bond donors (Lipinski definition) is 1. The van der Waals surface area contributed by atoms with Crippen LogP contribution in [0.3, 0.4) is 0 Å². The second-order valence-electron chi connectivity index (χ2n) is 5.43. The van der Waals surface area contributed by atoms with E-state index in [0.717, 1.165) is 4.90 Å². The highest BCUT2D eigenvalue weighted by molar-refractivity contribution is 6.39. The van der Waals surface area contributed by atoms with Crippen molar-refractivity contribution in [3.05, 3.63) is 78.4 Å². The summed E-state index contributed by atoms with van der Waals surface area (Å²) in [5.41, 5.74) is 0.780. The van der Waals surface area contributed by atoms with Gasteiger partial charge in [0.05, 0.1) is 5.69 Å². The predicted molar refractivity (Wildman–Crippen MR) is 97.6 cm³/mol. The van der Waals surface area contributed by atoms with Crippen molar-refractivity contribution in [1.82, 2.24) is 5.32 Å². The average Bonchev–Trinajstić information content (AvgIpc) is 2.65. The Labute approximate surface area is 150 Å². The van der Waals surface area contributed by atoms with Crippen molar-refractivity contribution in [2.24, 2.45) is 0 Å². The Balaban J connectivity index is 2.00. The number of urea groups is 1. The fourth-order valence-electron chi connectivity index (χ4n) is 2.50. The van der Waals surface area contributed by atoms with Gasteiger partial charge in [-0.05, 0) is 24.3 Å². The Bertz CT molecular complexity index is 903. The summed E-state index contributed by atoms with van der Waals surface area (Å²) in [5, 5.41) is 2.19. The number of carbonyl (C=O) groups is 3. The zero-order valence-electron chi connectivity index (χ0n) is 13.8. The zero-order valence-corrected chi connectivity index (χ0v) is 13.8. The van der Waals surface area contributed by atoms with Gasteiger partial charge in [0.2, 0.25) is 0 Å². The van der Waals surface area contributed by atoms with Crippen LogP contribution < -0.4 is 15.0 Å². The van der Waals surface area contributed by atoms with E-state index < -0.39 is 17.8 Å². The summed E-state index contributed by atoms with van der Waals surface area (Å²) >= 11 is 0. The van der Waals surface area contributed by atoms with Crippen molar-refractivity contribution in [2.75, 3.05) is 11.5 Å². The minimum absolute atomic E-state index is 0.150. The normalized spacial score (nSPS) is 15.8. The number of nitrogens with zero attached hydrogens (tertiary/aromatic N) is 1. The van der Waals surface area contributed by atoms with Crippen LogP contribution in [-0.4, -0.2) is 24.5 Å². The van der Waals surface area contributed by atoms with Crippen molar-refractivity contribution in [1.29, 1.82) is 0 Å². The third-order valence-corrected chi connectivity index (χ3v) is 3.69. The molecule has 1 aliphatic rings. The van der Waals surface area contributed by atoms with Crippen molar-refractivity contribution >= 4 is 29.6 Å². The molecular weight excluding hydrogens is 332 g/mol. The summed E-state index contributed by atoms with van der Waals surface area (Å²) in [7, 11) is 0. The van der Waals surface area contributed by atoms with Crippen molar-refractivity contribution in [2.45, 2.75) is 0 Å². The Kier molecular flexibility index (Phi) is 4.94. The molecule has 0 aliphatic carbocycles. The van der Waals surface area contributed by atoms with Gasteiger partial charge in [0.1, 0.15) is 17.9 Å². The lowest BCUT2D eigenvalue weighted by Gasteiger charge is -2.26. The predicted octanol–water partition coefficient (Wildman–Crippen LogP) is 2.92. The zero-order chi connectivity index (χ0) is 18.5. The molecule has 0 aromatic heterocycles. The molecule has 0 saturated carbocycles. The van der Waals surface area contributed by atoms with Crippen LogP contribution >= 0.6 is 0 Å². The number of barbiturate groups is 1. The molecule has 1 saturated heterocycles. The van der Waals surface area contributed by atoms with Gasteiger partial charge in [-0.3, -0.25) is 14.9 Å². The molecule has 130 valence electrons. The van der Waals surface area contributed by atoms with Crippen molar-refractivity contribution in [3.63, 3.8) is 0 Å². The van der Waals surface area contributed by atoms with Crippen LogP contribution in [0.2, 0.25) is 0 Å². The lowest BCUT2D eigenvalue weighted by molar-refractivity contribution is -0.122. The third kappa shape index (κ3) is 3.39. The summed E-state index contributed by atoms with van der Waals surface area (Å²) in [5.74, 6) is -0.933. The topological polar surface area (TPSA) is 75.7 Å². The molecule has 2 aromatic rings. The van der Waals surface area contributed by atoms with Gasteiger partial charge in [-0.25, -0.2) is 9.69 Å². The second-order valence-corrected chi connectivity index (χ2v) is 5.43. The monoisotopic (exact) mass is 348 g/mol. The first-order valence-electron chi connectivity index (χ1n) is 7.91. The first kappa shape index (κ1) is 17.2. The Morgan fingerprint density at radius 2 is 1.69 bits per heavy atom. The number of nitrogens with one attached hydrogen (secondary N) is 1. The lowest BCUT2D eigenvalue weighted by atomic mass is 10.1. The van der Waals surface area contributed by atoms with Crippen molar-refractivity contribution in [3.8, 4) is 5.75 Å². The molecule has 0 spiro atoms. The molecule has 26 heavy (non-hydrogen) atoms. The molecule has 3 rings (SSSR count). The van der Waals surface area contributed by atoms with Gasteiger partial charge < -0.3 is 4.74 Å². The number of benzene rings is 2. The van der Waals surface area contributed by atoms with E-state index >= 15 is 0 Å². The van der Waals surface area contributed by atoms with Gasteiger partial charge in [0, 0.05) is 5.56 Å². The first-order valence-corrected chi connectivity index (χ1v) is 7.91. The molecule has 0 bridgehead atoms. The van der Waals surface area contributed by atoms with Crippen LogP contribution in [0.4, 0.5) is 10.5 Å². The number of anilines is 1. The largest absolute Gasteiger partial charge is 0.489 e. The summed E-state index contributed by atoms with van der Waals surface area (Å²) in [6.45, 7) is 3.88. The molecule has 6 heteroatoms. The van der Waals surface area contributed by atoms with E-state index in [2.05, 4.69) is 11.9 Å². The van der Waals surface area contributed by atoms with E-state index in [1.165, 1.54) is 6.08 Å². The molecule has 6 nitrogen and oxygen atoms in total. The van der Waals surface area contributed by atoms with Crippen molar-refractivity contribution < 1.29 is 19.1 Å². The minimum atomic E-state index is -0.778. The maximum Gasteiger partial charge on any atom is 0.335 e. The number of imide groups is 2. The molecular formula is C20H16N2O4. The standard InChI is InChI=1S/C20H16N2O4/c1-2-12-26-17-11-7-6-8-14(17)13-16-18(23)21-20(25)22(19(16)24)15-9-4-3-5-10-15/h2-11,13H,1,12H2,(H,21,23,25)/b16-13+. The Morgan fingerprint density at radius 1 is 1.00 bits per heavy atom. The van der Waals surface area contributed by atoms with Gasteiger partial charge in [0.25, 0.3) is 11.8 Å². The molecule has 2 aromatic carbocycles. The number of para-hydroxylation sites is 2. The fraction of sp³-hybridized carbons (Fsp3) is 0.0500. The molecule has 4 amide bonds. The highest BCUT2D eigenvalue weighted by Crippen LogP contribution is 2.25. The number of rotatable bonds is 5. The number of hydrogen-bond acceptors (Lipinski definition) is 4. The fourth-order valence-corrected chi connectivity index (χ4v) is 2.50. The van der Waals surface area contributed by atoms with Gasteiger partial charge in [0.15, 0.2) is 0 Å². The highest BCUT2D eigenvalue weighted by Gasteiger charge is 2.36. The van der Waals surface area contributed by atoms with Crippen LogP contribution in [0, 0.1) is 0 Å². The molecule has 0 atom stereocenters. The van der Waals surface area contributed by atoms with Gasteiger partial charge >= 0.3 is 6.03 Å². The van der Waals surface area contributed by atoms with E-state index in [-0.39, 0.29) is 12.2 Å². The summed E-state index contributed by atoms with van der Waals surface area (Å²) in [6.07, 6.45) is 3.01. The summed E-state index contributed by atoms with van der Waals surface area (Å²) in [4.78, 5) is 38.1. The molecule has 1 N–H and O–H groups in total. The molecule has 0 unspecified atom stereocenters. The average molecular weight is 348 g/mol. The van der Waals surface area contributed by atoms with Gasteiger partial charge in [-0.15, -0.1) is 0 Å². The lowest BCUT2D eigenvalue weighted by Crippen LogP contribution is -2.54. The SMILES string of the molecule is C=CCOc1ccccc1/C=C1\C(=O)NC(=O)N(c2ccccc2)C1=O. The number of ether oxygens (including phenoxy) is 1. The maximum atomic E-state index is 12.8. The smallest absolute Gasteiger partial charge is 0.335 e. The second kappa shape index (κ2) is 7.48. The van der Waals surface area contributed by atoms with E-state index in [9.17, 15) is 14.4 Å². The van der Waals surface area contributed by atoms with Gasteiger partial charge in [-0.1, -0.05) is 49.1 Å². The Hall–Kier alpha value is -3.67. The first-order chi connectivity index (χ1) is 12.6. The van der Waals surface area contributed by atoms with Crippen LogP contribution in [0.25, 0.3) is 6.08 Å².